The number of rotatable bonds is 3. The molecule has 0 fully saturated rings. The van der Waals surface area contributed by atoms with Crippen molar-refractivity contribution in [3.05, 3.63) is 28.8 Å². The third-order valence-corrected chi connectivity index (χ3v) is 2.68. The number of hydrogen-bond donors (Lipinski definition) is 2. The maximum Gasteiger partial charge on any atom is 0.412 e. The number of aliphatic hydroxyl groups is 1. The Balaban J connectivity index is 2.91. The summed E-state index contributed by atoms with van der Waals surface area (Å²) in [5.41, 5.74) is 0.280. The Kier molecular flexibility index (Phi) is 5.47. The van der Waals surface area contributed by atoms with Crippen LogP contribution in [0.25, 0.3) is 0 Å². The molecule has 4 nitrogen and oxygen atoms in total. The van der Waals surface area contributed by atoms with Crippen molar-refractivity contribution in [2.45, 2.75) is 32.5 Å². The van der Waals surface area contributed by atoms with Crippen molar-refractivity contribution in [3.63, 3.8) is 0 Å². The highest BCUT2D eigenvalue weighted by atomic mass is 35.5. The minimum absolute atomic E-state index is 0.00331. The van der Waals surface area contributed by atoms with E-state index in [1.54, 1.807) is 39.0 Å². The SMILES string of the molecule is CC(C)(C)OC(=O)Nc1ccc(Cl)cc1C(O)CCl. The molecule has 2 N–H and O–H groups in total. The van der Waals surface area contributed by atoms with E-state index in [4.69, 9.17) is 27.9 Å². The lowest BCUT2D eigenvalue weighted by Gasteiger charge is -2.21. The molecule has 1 aromatic rings. The van der Waals surface area contributed by atoms with Gasteiger partial charge >= 0.3 is 6.09 Å². The van der Waals surface area contributed by atoms with Crippen molar-refractivity contribution >= 4 is 35.0 Å². The van der Waals surface area contributed by atoms with Crippen LogP contribution in [-0.4, -0.2) is 22.7 Å². The lowest BCUT2D eigenvalue weighted by Crippen LogP contribution is -2.27. The molecular weight excluding hydrogens is 289 g/mol. The first-order valence-corrected chi connectivity index (χ1v) is 6.67. The predicted molar refractivity (Wildman–Crippen MR) is 77.0 cm³/mol. The normalized spacial score (nSPS) is 12.9. The summed E-state index contributed by atoms with van der Waals surface area (Å²) >= 11 is 11.5. The van der Waals surface area contributed by atoms with Crippen molar-refractivity contribution in [2.24, 2.45) is 0 Å². The van der Waals surface area contributed by atoms with Crippen molar-refractivity contribution < 1.29 is 14.6 Å². The molecule has 0 bridgehead atoms. The first-order chi connectivity index (χ1) is 8.73. The van der Waals surface area contributed by atoms with Crippen molar-refractivity contribution in [1.82, 2.24) is 0 Å². The Morgan fingerprint density at radius 3 is 2.63 bits per heavy atom. The van der Waals surface area contributed by atoms with Crippen LogP contribution in [0, 0.1) is 0 Å². The van der Waals surface area contributed by atoms with Crippen LogP contribution in [0.4, 0.5) is 10.5 Å². The molecule has 6 heteroatoms. The zero-order valence-electron chi connectivity index (χ0n) is 11.0. The number of hydrogen-bond acceptors (Lipinski definition) is 3. The zero-order valence-corrected chi connectivity index (χ0v) is 12.5. The highest BCUT2D eigenvalue weighted by Gasteiger charge is 2.19. The van der Waals surface area contributed by atoms with E-state index in [0.29, 0.717) is 16.3 Å². The van der Waals surface area contributed by atoms with Crippen LogP contribution in [0.3, 0.4) is 0 Å². The summed E-state index contributed by atoms with van der Waals surface area (Å²) < 4.78 is 5.14. The summed E-state index contributed by atoms with van der Waals surface area (Å²) in [5.74, 6) is 0.00331. The van der Waals surface area contributed by atoms with Gasteiger partial charge in [0, 0.05) is 16.3 Å². The Hall–Kier alpha value is -0.970. The number of alkyl halides is 1. The average molecular weight is 306 g/mol. The molecule has 19 heavy (non-hydrogen) atoms. The highest BCUT2D eigenvalue weighted by molar-refractivity contribution is 6.30. The Morgan fingerprint density at radius 2 is 2.11 bits per heavy atom. The topological polar surface area (TPSA) is 58.6 Å². The summed E-state index contributed by atoms with van der Waals surface area (Å²) in [6.07, 6.45) is -1.51. The lowest BCUT2D eigenvalue weighted by atomic mass is 10.1. The first kappa shape index (κ1) is 16.1. The van der Waals surface area contributed by atoms with Crippen LogP contribution in [0.15, 0.2) is 18.2 Å². The number of anilines is 1. The fourth-order valence-electron chi connectivity index (χ4n) is 1.42. The van der Waals surface area contributed by atoms with Gasteiger partial charge in [0.05, 0.1) is 12.0 Å². The van der Waals surface area contributed by atoms with Gasteiger partial charge < -0.3 is 9.84 Å². The van der Waals surface area contributed by atoms with Gasteiger partial charge in [0.2, 0.25) is 0 Å². The minimum Gasteiger partial charge on any atom is -0.444 e. The molecule has 1 unspecified atom stereocenters. The van der Waals surface area contributed by atoms with E-state index in [1.165, 1.54) is 0 Å². The van der Waals surface area contributed by atoms with Gasteiger partial charge in [-0.25, -0.2) is 4.79 Å². The van der Waals surface area contributed by atoms with Crippen LogP contribution in [0.2, 0.25) is 5.02 Å². The van der Waals surface area contributed by atoms with Crippen molar-refractivity contribution in [3.8, 4) is 0 Å². The maximum atomic E-state index is 11.7. The molecule has 0 spiro atoms. The fraction of sp³-hybridized carbons (Fsp3) is 0.462. The number of carbonyl (C=O) groups is 1. The monoisotopic (exact) mass is 305 g/mol. The van der Waals surface area contributed by atoms with E-state index in [1.807, 2.05) is 0 Å². The standard InChI is InChI=1S/C13H17Cl2NO3/c1-13(2,3)19-12(18)16-10-5-4-8(15)6-9(10)11(17)7-14/h4-6,11,17H,7H2,1-3H3,(H,16,18). The maximum absolute atomic E-state index is 11.7. The van der Waals surface area contributed by atoms with Crippen LogP contribution in [-0.2, 0) is 4.74 Å². The molecule has 0 heterocycles. The second-order valence-electron chi connectivity index (χ2n) is 5.03. The molecule has 0 saturated heterocycles. The summed E-state index contributed by atoms with van der Waals surface area (Å²) in [5, 5.41) is 12.8. The molecule has 0 aliphatic heterocycles. The number of benzene rings is 1. The molecule has 0 aliphatic rings. The number of carbonyl (C=O) groups excluding carboxylic acids is 1. The summed E-state index contributed by atoms with van der Waals surface area (Å²) in [4.78, 5) is 11.7. The van der Waals surface area contributed by atoms with Crippen LogP contribution < -0.4 is 5.32 Å². The number of halogens is 2. The lowest BCUT2D eigenvalue weighted by molar-refractivity contribution is 0.0635. The van der Waals surface area contributed by atoms with Crippen LogP contribution >= 0.6 is 23.2 Å². The third-order valence-electron chi connectivity index (χ3n) is 2.15. The second kappa shape index (κ2) is 6.46. The molecule has 0 aromatic heterocycles. The van der Waals surface area contributed by atoms with Gasteiger partial charge in [0.15, 0.2) is 0 Å². The van der Waals surface area contributed by atoms with Gasteiger partial charge in [-0.2, -0.15) is 0 Å². The molecular formula is C13H17Cl2NO3. The van der Waals surface area contributed by atoms with E-state index in [-0.39, 0.29) is 5.88 Å². The Morgan fingerprint density at radius 1 is 1.47 bits per heavy atom. The quantitative estimate of drug-likeness (QED) is 0.831. The molecule has 106 valence electrons. The molecule has 0 radical (unpaired) electrons. The first-order valence-electron chi connectivity index (χ1n) is 5.76. The predicted octanol–water partition coefficient (Wildman–Crippen LogP) is 3.96. The van der Waals surface area contributed by atoms with Gasteiger partial charge in [0.25, 0.3) is 0 Å². The van der Waals surface area contributed by atoms with E-state index < -0.39 is 17.8 Å². The Labute approximate surface area is 122 Å². The van der Waals surface area contributed by atoms with Crippen molar-refractivity contribution in [2.75, 3.05) is 11.2 Å². The van der Waals surface area contributed by atoms with Gasteiger partial charge in [-0.3, -0.25) is 5.32 Å². The van der Waals surface area contributed by atoms with Crippen LogP contribution in [0.1, 0.15) is 32.4 Å². The number of amides is 1. The molecule has 1 atom stereocenters. The summed E-state index contributed by atoms with van der Waals surface area (Å²) in [6, 6.07) is 4.76. The van der Waals surface area contributed by atoms with Gasteiger partial charge in [-0.05, 0) is 39.0 Å². The number of ether oxygens (including phenoxy) is 1. The number of nitrogens with one attached hydrogen (secondary N) is 1. The van der Waals surface area contributed by atoms with E-state index in [0.717, 1.165) is 0 Å². The smallest absolute Gasteiger partial charge is 0.412 e. The average Bonchev–Trinajstić information content (AvgIpc) is 2.28. The highest BCUT2D eigenvalue weighted by Crippen LogP contribution is 2.27. The van der Waals surface area contributed by atoms with Gasteiger partial charge in [-0.15, -0.1) is 11.6 Å². The minimum atomic E-state index is -0.912. The van der Waals surface area contributed by atoms with E-state index >= 15 is 0 Å². The molecule has 1 amide bonds. The number of aliphatic hydroxyl groups excluding tert-OH is 1. The van der Waals surface area contributed by atoms with Crippen LogP contribution in [0.5, 0.6) is 0 Å². The fourth-order valence-corrected chi connectivity index (χ4v) is 1.77. The molecule has 0 aliphatic carbocycles. The second-order valence-corrected chi connectivity index (χ2v) is 5.77. The Bertz CT molecular complexity index is 458. The van der Waals surface area contributed by atoms with Crippen molar-refractivity contribution in [1.29, 1.82) is 0 Å². The summed E-state index contributed by atoms with van der Waals surface area (Å²) in [7, 11) is 0. The molecule has 1 aromatic carbocycles. The zero-order chi connectivity index (χ0) is 14.6. The largest absolute Gasteiger partial charge is 0.444 e. The molecule has 1 rings (SSSR count). The molecule has 0 saturated carbocycles. The van der Waals surface area contributed by atoms with E-state index in [2.05, 4.69) is 5.32 Å². The van der Waals surface area contributed by atoms with Gasteiger partial charge in [-0.1, -0.05) is 11.6 Å². The summed E-state index contributed by atoms with van der Waals surface area (Å²) in [6.45, 7) is 5.30. The van der Waals surface area contributed by atoms with E-state index in [9.17, 15) is 9.90 Å². The third kappa shape index (κ3) is 5.27. The van der Waals surface area contributed by atoms with Gasteiger partial charge in [0.1, 0.15) is 5.60 Å².